The van der Waals surface area contributed by atoms with Gasteiger partial charge in [-0.2, -0.15) is 16.8 Å². The van der Waals surface area contributed by atoms with Crippen LogP contribution < -0.4 is 0 Å². The molecule has 0 saturated heterocycles. The van der Waals surface area contributed by atoms with Gasteiger partial charge >= 0.3 is 0 Å². The smallest absolute Gasteiger partial charge is 0.264 e. The standard InChI is InChI=1S/C28H34O9S2/c1-38(29,30)36-22-26(34-19-24-14-8-4-9-15-24)28(35-20-25-16-10-5-11-17-25)27(37-39(2,31)32)21-33-18-23-12-6-3-7-13-23/h3-17,26-28H,18-22H2,1-2H3/t26-,27+,28-/m1/s1. The Morgan fingerprint density at radius 1 is 0.564 bits per heavy atom. The molecule has 0 aliphatic rings. The fraction of sp³-hybridized carbons (Fsp3) is 0.357. The zero-order valence-electron chi connectivity index (χ0n) is 21.9. The molecule has 0 saturated carbocycles. The van der Waals surface area contributed by atoms with Crippen molar-refractivity contribution >= 4 is 20.2 Å². The quantitative estimate of drug-likeness (QED) is 0.221. The first-order chi connectivity index (χ1) is 18.6. The summed E-state index contributed by atoms with van der Waals surface area (Å²) in [5.74, 6) is 0. The van der Waals surface area contributed by atoms with Gasteiger partial charge < -0.3 is 14.2 Å². The molecule has 0 aliphatic carbocycles. The molecule has 0 spiro atoms. The van der Waals surface area contributed by atoms with E-state index in [0.717, 1.165) is 29.2 Å². The minimum Gasteiger partial charge on any atom is -0.374 e. The van der Waals surface area contributed by atoms with Crippen molar-refractivity contribution in [3.05, 3.63) is 108 Å². The first-order valence-electron chi connectivity index (χ1n) is 12.2. The van der Waals surface area contributed by atoms with E-state index in [-0.39, 0.29) is 26.4 Å². The summed E-state index contributed by atoms with van der Waals surface area (Å²) in [7, 11) is -7.81. The van der Waals surface area contributed by atoms with Crippen molar-refractivity contribution in [1.82, 2.24) is 0 Å². The van der Waals surface area contributed by atoms with Crippen LogP contribution in [0.5, 0.6) is 0 Å². The van der Waals surface area contributed by atoms with Crippen LogP contribution in [-0.2, 0) is 62.6 Å². The summed E-state index contributed by atoms with van der Waals surface area (Å²) in [6.45, 7) is -0.220. The fourth-order valence-corrected chi connectivity index (χ4v) is 4.69. The van der Waals surface area contributed by atoms with Gasteiger partial charge in [0.2, 0.25) is 0 Å². The highest BCUT2D eigenvalue weighted by atomic mass is 32.2. The van der Waals surface area contributed by atoms with Gasteiger partial charge in [-0.05, 0) is 16.7 Å². The first kappa shape index (κ1) is 30.9. The van der Waals surface area contributed by atoms with Crippen LogP contribution in [-0.4, -0.2) is 60.9 Å². The van der Waals surface area contributed by atoms with E-state index in [1.54, 1.807) is 0 Å². The zero-order valence-corrected chi connectivity index (χ0v) is 23.6. The molecule has 3 aromatic rings. The molecular formula is C28H34O9S2. The third-order valence-corrected chi connectivity index (χ3v) is 6.62. The molecule has 0 radical (unpaired) electrons. The third kappa shape index (κ3) is 12.4. The van der Waals surface area contributed by atoms with Crippen LogP contribution in [0.25, 0.3) is 0 Å². The van der Waals surface area contributed by atoms with Crippen molar-refractivity contribution in [3.63, 3.8) is 0 Å². The molecule has 11 heteroatoms. The molecule has 0 aliphatic heterocycles. The first-order valence-corrected chi connectivity index (χ1v) is 15.9. The van der Waals surface area contributed by atoms with Crippen molar-refractivity contribution in [1.29, 1.82) is 0 Å². The van der Waals surface area contributed by atoms with E-state index in [1.807, 2.05) is 91.0 Å². The van der Waals surface area contributed by atoms with E-state index in [2.05, 4.69) is 0 Å². The maximum absolute atomic E-state index is 12.3. The lowest BCUT2D eigenvalue weighted by molar-refractivity contribution is -0.147. The highest BCUT2D eigenvalue weighted by molar-refractivity contribution is 7.86. The van der Waals surface area contributed by atoms with Gasteiger partial charge in [0.1, 0.15) is 18.3 Å². The van der Waals surface area contributed by atoms with Crippen LogP contribution in [0, 0.1) is 0 Å². The van der Waals surface area contributed by atoms with Gasteiger partial charge in [-0.3, -0.25) is 8.37 Å². The second-order valence-corrected chi connectivity index (χ2v) is 12.2. The van der Waals surface area contributed by atoms with Gasteiger partial charge in [-0.15, -0.1) is 0 Å². The Bertz CT molecular complexity index is 1320. The summed E-state index contributed by atoms with van der Waals surface area (Å²) in [5.41, 5.74) is 2.52. The molecule has 0 N–H and O–H groups in total. The Hall–Kier alpha value is -2.64. The number of rotatable bonds is 17. The number of hydrogen-bond acceptors (Lipinski definition) is 9. The summed E-state index contributed by atoms with van der Waals surface area (Å²) in [6.07, 6.45) is -1.43. The average molecular weight is 579 g/mol. The van der Waals surface area contributed by atoms with Gasteiger partial charge in [-0.25, -0.2) is 0 Å². The van der Waals surface area contributed by atoms with E-state index in [4.69, 9.17) is 22.6 Å². The maximum Gasteiger partial charge on any atom is 0.264 e. The van der Waals surface area contributed by atoms with Crippen molar-refractivity contribution in [2.24, 2.45) is 0 Å². The molecule has 0 bridgehead atoms. The molecule has 212 valence electrons. The van der Waals surface area contributed by atoms with Gasteiger partial charge in [-0.1, -0.05) is 91.0 Å². The molecule has 3 rings (SSSR count). The van der Waals surface area contributed by atoms with Gasteiger partial charge in [0.25, 0.3) is 20.2 Å². The van der Waals surface area contributed by atoms with Crippen LogP contribution in [0.4, 0.5) is 0 Å². The summed E-state index contributed by atoms with van der Waals surface area (Å²) < 4.78 is 76.9. The van der Waals surface area contributed by atoms with Crippen molar-refractivity contribution in [2.45, 2.75) is 38.1 Å². The fourth-order valence-electron chi connectivity index (χ4n) is 3.70. The van der Waals surface area contributed by atoms with Crippen LogP contribution in [0.3, 0.4) is 0 Å². The van der Waals surface area contributed by atoms with Gasteiger partial charge in [0.15, 0.2) is 0 Å². The molecule has 39 heavy (non-hydrogen) atoms. The Kier molecular flexibility index (Phi) is 12.1. The van der Waals surface area contributed by atoms with Crippen molar-refractivity contribution in [3.8, 4) is 0 Å². The Balaban J connectivity index is 1.89. The van der Waals surface area contributed by atoms with Crippen molar-refractivity contribution < 1.29 is 39.4 Å². The molecule has 3 aromatic carbocycles. The molecular weight excluding hydrogens is 544 g/mol. The number of benzene rings is 3. The van der Waals surface area contributed by atoms with E-state index in [9.17, 15) is 16.8 Å². The van der Waals surface area contributed by atoms with Gasteiger partial charge in [0, 0.05) is 0 Å². The minimum atomic E-state index is -3.96. The summed E-state index contributed by atoms with van der Waals surface area (Å²) in [6, 6.07) is 27.9. The lowest BCUT2D eigenvalue weighted by Crippen LogP contribution is -2.48. The summed E-state index contributed by atoms with van der Waals surface area (Å²) in [5, 5.41) is 0. The summed E-state index contributed by atoms with van der Waals surface area (Å²) >= 11 is 0. The SMILES string of the molecule is CS(=O)(=O)OC[C@@H](OCc1ccccc1)[C@@H](OCc1ccccc1)[C@H](COCc1ccccc1)OS(C)(=O)=O. The Morgan fingerprint density at radius 3 is 1.49 bits per heavy atom. The Morgan fingerprint density at radius 2 is 1.03 bits per heavy atom. The topological polar surface area (TPSA) is 114 Å². The third-order valence-electron chi connectivity index (χ3n) is 5.46. The predicted molar refractivity (Wildman–Crippen MR) is 147 cm³/mol. The minimum absolute atomic E-state index is 0.0812. The average Bonchev–Trinajstić information content (AvgIpc) is 2.90. The van der Waals surface area contributed by atoms with Crippen LogP contribution in [0.2, 0.25) is 0 Å². The monoisotopic (exact) mass is 578 g/mol. The van der Waals surface area contributed by atoms with Crippen molar-refractivity contribution in [2.75, 3.05) is 25.7 Å². The lowest BCUT2D eigenvalue weighted by Gasteiger charge is -2.32. The Labute approximate surface area is 230 Å². The number of hydrogen-bond donors (Lipinski definition) is 0. The maximum atomic E-state index is 12.3. The van der Waals surface area contributed by atoms with E-state index in [1.165, 1.54) is 0 Å². The zero-order chi connectivity index (χ0) is 28.1. The van der Waals surface area contributed by atoms with Crippen LogP contribution in [0.1, 0.15) is 16.7 Å². The molecule has 0 amide bonds. The molecule has 3 atom stereocenters. The van der Waals surface area contributed by atoms with E-state index >= 15 is 0 Å². The molecule has 9 nitrogen and oxygen atoms in total. The summed E-state index contributed by atoms with van der Waals surface area (Å²) in [4.78, 5) is 0. The normalized spacial score (nSPS) is 14.5. The number of ether oxygens (including phenoxy) is 3. The molecule has 0 aromatic heterocycles. The van der Waals surface area contributed by atoms with E-state index in [0.29, 0.717) is 0 Å². The second kappa shape index (κ2) is 15.2. The largest absolute Gasteiger partial charge is 0.374 e. The predicted octanol–water partition coefficient (Wildman–Crippen LogP) is 3.70. The highest BCUT2D eigenvalue weighted by Gasteiger charge is 2.36. The lowest BCUT2D eigenvalue weighted by atomic mass is 10.1. The highest BCUT2D eigenvalue weighted by Crippen LogP contribution is 2.20. The van der Waals surface area contributed by atoms with Gasteiger partial charge in [0.05, 0.1) is 45.5 Å². The molecule has 0 unspecified atom stereocenters. The molecule has 0 heterocycles. The van der Waals surface area contributed by atoms with E-state index < -0.39 is 45.2 Å². The molecule has 0 fully saturated rings. The second-order valence-electron chi connectivity index (χ2n) is 8.92. The van der Waals surface area contributed by atoms with Crippen LogP contribution in [0.15, 0.2) is 91.0 Å². The van der Waals surface area contributed by atoms with Crippen LogP contribution >= 0.6 is 0 Å².